The van der Waals surface area contributed by atoms with E-state index in [0.717, 1.165) is 41.5 Å². The Morgan fingerprint density at radius 1 is 1.40 bits per heavy atom. The van der Waals surface area contributed by atoms with Crippen molar-refractivity contribution in [2.75, 3.05) is 7.11 Å². The Morgan fingerprint density at radius 3 is 3.05 bits per heavy atom. The molecule has 1 aromatic carbocycles. The van der Waals surface area contributed by atoms with Crippen LogP contribution < -0.4 is 0 Å². The van der Waals surface area contributed by atoms with Crippen molar-refractivity contribution in [3.05, 3.63) is 33.5 Å². The molecule has 1 aromatic heterocycles. The Labute approximate surface area is 126 Å². The second-order valence-electron chi connectivity index (χ2n) is 5.23. The number of hydrogen-bond donors (Lipinski definition) is 0. The highest BCUT2D eigenvalue weighted by molar-refractivity contribution is 9.10. The fourth-order valence-electron chi connectivity index (χ4n) is 2.94. The molecule has 3 rings (SSSR count). The molecule has 1 aliphatic carbocycles. The lowest BCUT2D eigenvalue weighted by Crippen LogP contribution is -2.00. The standard InChI is InChI=1S/C16H17BrO3/c1-19-15(18)7-2-4-10-8-11(17)9-13-12-5-3-6-14(12)20-16(10)13/h8-9H,2-7H2,1H3. The molecule has 0 radical (unpaired) electrons. The normalized spacial score (nSPS) is 13.7. The molecule has 0 fully saturated rings. The number of fused-ring (bicyclic) bond motifs is 3. The summed E-state index contributed by atoms with van der Waals surface area (Å²) in [5.74, 6) is 0.991. The first kappa shape index (κ1) is 13.7. The molecule has 0 amide bonds. The first-order chi connectivity index (χ1) is 9.69. The molecule has 0 saturated carbocycles. The van der Waals surface area contributed by atoms with Crippen molar-refractivity contribution in [1.29, 1.82) is 0 Å². The average molecular weight is 337 g/mol. The number of rotatable bonds is 4. The summed E-state index contributed by atoms with van der Waals surface area (Å²) in [6, 6.07) is 4.24. The fourth-order valence-corrected chi connectivity index (χ4v) is 3.45. The van der Waals surface area contributed by atoms with Gasteiger partial charge in [0.2, 0.25) is 0 Å². The molecule has 0 spiro atoms. The van der Waals surface area contributed by atoms with E-state index in [-0.39, 0.29) is 5.97 Å². The first-order valence-electron chi connectivity index (χ1n) is 6.98. The van der Waals surface area contributed by atoms with Gasteiger partial charge in [0.15, 0.2) is 0 Å². The number of aryl methyl sites for hydroxylation is 3. The molecule has 20 heavy (non-hydrogen) atoms. The maximum Gasteiger partial charge on any atom is 0.305 e. The second-order valence-corrected chi connectivity index (χ2v) is 6.14. The third-order valence-corrected chi connectivity index (χ3v) is 4.36. The van der Waals surface area contributed by atoms with Crippen LogP contribution in [0.5, 0.6) is 0 Å². The number of hydrogen-bond acceptors (Lipinski definition) is 3. The number of halogens is 1. The van der Waals surface area contributed by atoms with E-state index in [9.17, 15) is 4.79 Å². The summed E-state index contributed by atoms with van der Waals surface area (Å²) < 4.78 is 11.8. The Hall–Kier alpha value is -1.29. The maximum absolute atomic E-state index is 11.2. The van der Waals surface area contributed by atoms with Gasteiger partial charge in [0, 0.05) is 28.3 Å². The smallest absolute Gasteiger partial charge is 0.305 e. The molecule has 0 N–H and O–H groups in total. The van der Waals surface area contributed by atoms with E-state index >= 15 is 0 Å². The number of carbonyl (C=O) groups excluding carboxylic acids is 1. The highest BCUT2D eigenvalue weighted by Gasteiger charge is 2.21. The van der Waals surface area contributed by atoms with Crippen molar-refractivity contribution in [3.8, 4) is 0 Å². The van der Waals surface area contributed by atoms with Crippen LogP contribution in [0.1, 0.15) is 36.1 Å². The SMILES string of the molecule is COC(=O)CCCc1cc(Br)cc2c3c(oc12)CCC3. The van der Waals surface area contributed by atoms with Crippen molar-refractivity contribution < 1.29 is 13.9 Å². The average Bonchev–Trinajstić information content (AvgIpc) is 3.00. The molecule has 1 aliphatic rings. The van der Waals surface area contributed by atoms with Crippen molar-refractivity contribution in [2.45, 2.75) is 38.5 Å². The maximum atomic E-state index is 11.2. The summed E-state index contributed by atoms with van der Waals surface area (Å²) >= 11 is 3.58. The summed E-state index contributed by atoms with van der Waals surface area (Å²) in [7, 11) is 1.43. The van der Waals surface area contributed by atoms with Crippen LogP contribution in [0.2, 0.25) is 0 Å². The van der Waals surface area contributed by atoms with Gasteiger partial charge < -0.3 is 9.15 Å². The van der Waals surface area contributed by atoms with Gasteiger partial charge >= 0.3 is 5.97 Å². The molecule has 4 heteroatoms. The van der Waals surface area contributed by atoms with E-state index in [1.165, 1.54) is 30.0 Å². The first-order valence-corrected chi connectivity index (χ1v) is 7.78. The summed E-state index contributed by atoms with van der Waals surface area (Å²) in [5.41, 5.74) is 3.55. The van der Waals surface area contributed by atoms with Gasteiger partial charge in [-0.15, -0.1) is 0 Å². The molecule has 3 nitrogen and oxygen atoms in total. The summed E-state index contributed by atoms with van der Waals surface area (Å²) in [6.07, 6.45) is 5.41. The minimum atomic E-state index is -0.154. The molecule has 0 saturated heterocycles. The largest absolute Gasteiger partial charge is 0.469 e. The van der Waals surface area contributed by atoms with Gasteiger partial charge in [0.1, 0.15) is 11.3 Å². The highest BCUT2D eigenvalue weighted by atomic mass is 79.9. The Bertz CT molecular complexity index is 657. The predicted octanol–water partition coefficient (Wildman–Crippen LogP) is 4.18. The number of esters is 1. The van der Waals surface area contributed by atoms with Crippen molar-refractivity contribution in [3.63, 3.8) is 0 Å². The van der Waals surface area contributed by atoms with Crippen LogP contribution in [-0.4, -0.2) is 13.1 Å². The second kappa shape index (κ2) is 5.60. The fraction of sp³-hybridized carbons (Fsp3) is 0.438. The molecule has 0 atom stereocenters. The van der Waals surface area contributed by atoms with E-state index in [1.54, 1.807) is 0 Å². The van der Waals surface area contributed by atoms with E-state index < -0.39 is 0 Å². The molecular weight excluding hydrogens is 320 g/mol. The minimum absolute atomic E-state index is 0.154. The zero-order valence-electron chi connectivity index (χ0n) is 11.5. The van der Waals surface area contributed by atoms with Crippen molar-refractivity contribution in [1.82, 2.24) is 0 Å². The van der Waals surface area contributed by atoms with E-state index in [0.29, 0.717) is 6.42 Å². The molecule has 0 unspecified atom stereocenters. The number of benzene rings is 1. The van der Waals surface area contributed by atoms with Gasteiger partial charge in [-0.25, -0.2) is 0 Å². The van der Waals surface area contributed by atoms with Gasteiger partial charge in [-0.1, -0.05) is 15.9 Å². The predicted molar refractivity (Wildman–Crippen MR) is 80.9 cm³/mol. The minimum Gasteiger partial charge on any atom is -0.469 e. The molecule has 1 heterocycles. The number of carbonyl (C=O) groups is 1. The van der Waals surface area contributed by atoms with Crippen LogP contribution >= 0.6 is 15.9 Å². The third-order valence-electron chi connectivity index (χ3n) is 3.90. The van der Waals surface area contributed by atoms with Crippen LogP contribution in [0.3, 0.4) is 0 Å². The topological polar surface area (TPSA) is 39.4 Å². The quantitative estimate of drug-likeness (QED) is 0.786. The van der Waals surface area contributed by atoms with Gasteiger partial charge in [-0.05, 0) is 43.4 Å². The molecule has 106 valence electrons. The number of methoxy groups -OCH3 is 1. The van der Waals surface area contributed by atoms with Crippen molar-refractivity contribution in [2.24, 2.45) is 0 Å². The Kier molecular flexibility index (Phi) is 3.83. The molecular formula is C16H17BrO3. The Balaban J connectivity index is 1.88. The van der Waals surface area contributed by atoms with Gasteiger partial charge in [-0.3, -0.25) is 4.79 Å². The van der Waals surface area contributed by atoms with Crippen LogP contribution in [0.4, 0.5) is 0 Å². The lowest BCUT2D eigenvalue weighted by molar-refractivity contribution is -0.140. The number of ether oxygens (including phenoxy) is 1. The van der Waals surface area contributed by atoms with Crippen molar-refractivity contribution >= 4 is 32.9 Å². The van der Waals surface area contributed by atoms with Gasteiger partial charge in [-0.2, -0.15) is 0 Å². The third kappa shape index (κ3) is 2.49. The van der Waals surface area contributed by atoms with Crippen LogP contribution in [0.15, 0.2) is 21.0 Å². The van der Waals surface area contributed by atoms with Crippen LogP contribution in [0.25, 0.3) is 11.0 Å². The lowest BCUT2D eigenvalue weighted by Gasteiger charge is -2.04. The van der Waals surface area contributed by atoms with Crippen LogP contribution in [0, 0.1) is 0 Å². The monoisotopic (exact) mass is 336 g/mol. The summed E-state index contributed by atoms with van der Waals surface area (Å²) in [5, 5.41) is 1.24. The Morgan fingerprint density at radius 2 is 2.25 bits per heavy atom. The lowest BCUT2D eigenvalue weighted by atomic mass is 10.0. The summed E-state index contributed by atoms with van der Waals surface area (Å²) in [4.78, 5) is 11.2. The van der Waals surface area contributed by atoms with E-state index in [4.69, 9.17) is 4.42 Å². The zero-order valence-corrected chi connectivity index (χ0v) is 13.1. The number of furan rings is 1. The van der Waals surface area contributed by atoms with Gasteiger partial charge in [0.25, 0.3) is 0 Å². The van der Waals surface area contributed by atoms with Crippen LogP contribution in [-0.2, 0) is 28.8 Å². The van der Waals surface area contributed by atoms with E-state index in [1.807, 2.05) is 0 Å². The van der Waals surface area contributed by atoms with Gasteiger partial charge in [0.05, 0.1) is 7.11 Å². The molecule has 0 aliphatic heterocycles. The molecule has 0 bridgehead atoms. The summed E-state index contributed by atoms with van der Waals surface area (Å²) in [6.45, 7) is 0. The zero-order chi connectivity index (χ0) is 14.1. The highest BCUT2D eigenvalue weighted by Crippen LogP contribution is 2.36. The van der Waals surface area contributed by atoms with E-state index in [2.05, 4.69) is 32.8 Å². The molecule has 2 aromatic rings.